The van der Waals surface area contributed by atoms with Crippen LogP contribution in [0.5, 0.6) is 5.75 Å². The zero-order valence-electron chi connectivity index (χ0n) is 15.0. The predicted octanol–water partition coefficient (Wildman–Crippen LogP) is 2.36. The lowest BCUT2D eigenvalue weighted by atomic mass is 10.0. The number of rotatable bonds is 6. The molecule has 2 rings (SSSR count). The molecule has 3 N–H and O–H groups in total. The second-order valence-corrected chi connectivity index (χ2v) is 6.93. The third-order valence-electron chi connectivity index (χ3n) is 4.38. The van der Waals surface area contributed by atoms with E-state index in [2.05, 4.69) is 16.0 Å². The molecule has 0 saturated carbocycles. The minimum Gasteiger partial charge on any atom is -0.482 e. The molecule has 0 saturated heterocycles. The number of carbonyl (C=O) groups is 2. The van der Waals surface area contributed by atoms with Gasteiger partial charge in [-0.1, -0.05) is 13.0 Å². The van der Waals surface area contributed by atoms with Gasteiger partial charge < -0.3 is 15.4 Å². The molecule has 1 aromatic carbocycles. The second kappa shape index (κ2) is 7.21. The van der Waals surface area contributed by atoms with Crippen LogP contribution in [0.1, 0.15) is 52.6 Å². The van der Waals surface area contributed by atoms with Crippen LogP contribution in [-0.4, -0.2) is 30.0 Å². The lowest BCUT2D eigenvalue weighted by Crippen LogP contribution is -2.51. The highest BCUT2D eigenvalue weighted by molar-refractivity contribution is 5.95. The molecule has 0 aromatic heterocycles. The number of benzene rings is 1. The van der Waals surface area contributed by atoms with Gasteiger partial charge in [0.05, 0.1) is 11.7 Å². The highest BCUT2D eigenvalue weighted by Crippen LogP contribution is 2.30. The Morgan fingerprint density at radius 2 is 2.08 bits per heavy atom. The summed E-state index contributed by atoms with van der Waals surface area (Å²) in [6.45, 7) is 9.94. The quantitative estimate of drug-likeness (QED) is 0.747. The van der Waals surface area contributed by atoms with Gasteiger partial charge >= 0.3 is 0 Å². The van der Waals surface area contributed by atoms with E-state index in [1.807, 2.05) is 52.8 Å². The van der Waals surface area contributed by atoms with Crippen LogP contribution < -0.4 is 20.7 Å². The minimum absolute atomic E-state index is 0.0247. The molecule has 0 fully saturated rings. The lowest BCUT2D eigenvalue weighted by molar-refractivity contribution is -0.124. The van der Waals surface area contributed by atoms with Crippen molar-refractivity contribution in [3.8, 4) is 5.75 Å². The SMILES string of the molecule is CCC(C)(C)NC(=O)[C@@H](C)N[C@@H](C)c1ccc2c(c1)NC(=O)CO2. The lowest BCUT2D eigenvalue weighted by Gasteiger charge is -2.28. The summed E-state index contributed by atoms with van der Waals surface area (Å²) >= 11 is 0. The fourth-order valence-corrected chi connectivity index (χ4v) is 2.45. The van der Waals surface area contributed by atoms with Crippen molar-refractivity contribution in [3.63, 3.8) is 0 Å². The van der Waals surface area contributed by atoms with E-state index in [-0.39, 0.29) is 36.0 Å². The van der Waals surface area contributed by atoms with E-state index < -0.39 is 0 Å². The number of ether oxygens (including phenoxy) is 1. The largest absolute Gasteiger partial charge is 0.482 e. The van der Waals surface area contributed by atoms with Crippen molar-refractivity contribution in [3.05, 3.63) is 23.8 Å². The highest BCUT2D eigenvalue weighted by Gasteiger charge is 2.23. The van der Waals surface area contributed by atoms with Crippen LogP contribution in [0.2, 0.25) is 0 Å². The van der Waals surface area contributed by atoms with Crippen molar-refractivity contribution < 1.29 is 14.3 Å². The van der Waals surface area contributed by atoms with Gasteiger partial charge in [-0.05, 0) is 51.8 Å². The van der Waals surface area contributed by atoms with Crippen molar-refractivity contribution in [2.24, 2.45) is 0 Å². The average molecular weight is 333 g/mol. The predicted molar refractivity (Wildman–Crippen MR) is 94.1 cm³/mol. The monoisotopic (exact) mass is 333 g/mol. The van der Waals surface area contributed by atoms with Crippen LogP contribution in [-0.2, 0) is 9.59 Å². The number of nitrogens with one attached hydrogen (secondary N) is 3. The Kier molecular flexibility index (Phi) is 5.49. The molecule has 2 amide bonds. The molecule has 1 aliphatic heterocycles. The zero-order valence-corrected chi connectivity index (χ0v) is 15.0. The van der Waals surface area contributed by atoms with Gasteiger partial charge in [-0.3, -0.25) is 14.9 Å². The van der Waals surface area contributed by atoms with Gasteiger partial charge in [0.25, 0.3) is 5.91 Å². The van der Waals surface area contributed by atoms with Crippen LogP contribution in [0.4, 0.5) is 5.69 Å². The summed E-state index contributed by atoms with van der Waals surface area (Å²) in [5, 5.41) is 9.13. The number of hydrogen-bond acceptors (Lipinski definition) is 4. The van der Waals surface area contributed by atoms with Crippen LogP contribution in [0, 0.1) is 0 Å². The first-order valence-electron chi connectivity index (χ1n) is 8.36. The topological polar surface area (TPSA) is 79.5 Å². The molecule has 24 heavy (non-hydrogen) atoms. The van der Waals surface area contributed by atoms with Gasteiger partial charge in [-0.15, -0.1) is 0 Å². The van der Waals surface area contributed by atoms with Gasteiger partial charge in [0.15, 0.2) is 6.61 Å². The van der Waals surface area contributed by atoms with E-state index in [1.54, 1.807) is 0 Å². The molecule has 1 heterocycles. The van der Waals surface area contributed by atoms with Gasteiger partial charge in [-0.25, -0.2) is 0 Å². The van der Waals surface area contributed by atoms with Gasteiger partial charge in [-0.2, -0.15) is 0 Å². The standard InChI is InChI=1S/C18H27N3O3/c1-6-18(4,5)21-17(23)12(3)19-11(2)13-7-8-15-14(9-13)20-16(22)10-24-15/h7-9,11-12,19H,6,10H2,1-5H3,(H,20,22)(H,21,23)/t11-,12+/m0/s1. The molecule has 6 nitrogen and oxygen atoms in total. The molecule has 6 heteroatoms. The van der Waals surface area contributed by atoms with E-state index in [1.165, 1.54) is 0 Å². The molecule has 2 atom stereocenters. The maximum Gasteiger partial charge on any atom is 0.262 e. The fraction of sp³-hybridized carbons (Fsp3) is 0.556. The Morgan fingerprint density at radius 3 is 2.75 bits per heavy atom. The van der Waals surface area contributed by atoms with Crippen molar-refractivity contribution >= 4 is 17.5 Å². The second-order valence-electron chi connectivity index (χ2n) is 6.93. The molecule has 0 spiro atoms. The highest BCUT2D eigenvalue weighted by atomic mass is 16.5. The molecular weight excluding hydrogens is 306 g/mol. The molecule has 0 bridgehead atoms. The van der Waals surface area contributed by atoms with E-state index in [4.69, 9.17) is 4.74 Å². The molecular formula is C18H27N3O3. The Bertz CT molecular complexity index is 628. The first-order chi connectivity index (χ1) is 11.2. The van der Waals surface area contributed by atoms with E-state index in [0.717, 1.165) is 12.0 Å². The first kappa shape index (κ1) is 18.3. The van der Waals surface area contributed by atoms with Crippen LogP contribution in [0.3, 0.4) is 0 Å². The summed E-state index contributed by atoms with van der Waals surface area (Å²) in [5.41, 5.74) is 1.43. The molecule has 0 unspecified atom stereocenters. The third kappa shape index (κ3) is 4.47. The maximum atomic E-state index is 12.3. The van der Waals surface area contributed by atoms with Crippen molar-refractivity contribution in [1.29, 1.82) is 0 Å². The Morgan fingerprint density at radius 1 is 1.38 bits per heavy atom. The fourth-order valence-electron chi connectivity index (χ4n) is 2.45. The Hall–Kier alpha value is -2.08. The van der Waals surface area contributed by atoms with E-state index >= 15 is 0 Å². The van der Waals surface area contributed by atoms with Crippen molar-refractivity contribution in [2.45, 2.75) is 58.7 Å². The van der Waals surface area contributed by atoms with E-state index in [0.29, 0.717) is 11.4 Å². The number of amides is 2. The van der Waals surface area contributed by atoms with Crippen molar-refractivity contribution in [1.82, 2.24) is 10.6 Å². The van der Waals surface area contributed by atoms with Crippen LogP contribution >= 0.6 is 0 Å². The van der Waals surface area contributed by atoms with E-state index in [9.17, 15) is 9.59 Å². The minimum atomic E-state index is -0.326. The normalized spacial score (nSPS) is 16.5. The van der Waals surface area contributed by atoms with Crippen molar-refractivity contribution in [2.75, 3.05) is 11.9 Å². The van der Waals surface area contributed by atoms with Gasteiger partial charge in [0, 0.05) is 11.6 Å². The number of fused-ring (bicyclic) bond motifs is 1. The molecule has 132 valence electrons. The summed E-state index contributed by atoms with van der Waals surface area (Å²) in [6, 6.07) is 5.29. The summed E-state index contributed by atoms with van der Waals surface area (Å²) < 4.78 is 5.36. The van der Waals surface area contributed by atoms with Gasteiger partial charge in [0.2, 0.25) is 5.91 Å². The van der Waals surface area contributed by atoms with Crippen LogP contribution in [0.15, 0.2) is 18.2 Å². The molecule has 1 aliphatic rings. The summed E-state index contributed by atoms with van der Waals surface area (Å²) in [7, 11) is 0. The summed E-state index contributed by atoms with van der Waals surface area (Å²) in [5.74, 6) is 0.485. The Balaban J connectivity index is 2.01. The molecule has 0 radical (unpaired) electrons. The molecule has 0 aliphatic carbocycles. The Labute approximate surface area is 143 Å². The summed E-state index contributed by atoms with van der Waals surface area (Å²) in [4.78, 5) is 23.7. The van der Waals surface area contributed by atoms with Gasteiger partial charge in [0.1, 0.15) is 5.75 Å². The zero-order chi connectivity index (χ0) is 17.9. The number of hydrogen-bond donors (Lipinski definition) is 3. The summed E-state index contributed by atoms with van der Waals surface area (Å²) in [6.07, 6.45) is 0.867. The smallest absolute Gasteiger partial charge is 0.262 e. The number of carbonyl (C=O) groups excluding carboxylic acids is 2. The number of anilines is 1. The van der Waals surface area contributed by atoms with Crippen LogP contribution in [0.25, 0.3) is 0 Å². The maximum absolute atomic E-state index is 12.3. The third-order valence-corrected chi connectivity index (χ3v) is 4.38. The first-order valence-corrected chi connectivity index (χ1v) is 8.36. The molecule has 1 aromatic rings. The average Bonchev–Trinajstić information content (AvgIpc) is 2.53.